The summed E-state index contributed by atoms with van der Waals surface area (Å²) in [5, 5.41) is 4.06. The van der Waals surface area contributed by atoms with Gasteiger partial charge in [-0.05, 0) is 31.2 Å². The highest BCUT2D eigenvalue weighted by Gasteiger charge is 2.08. The van der Waals surface area contributed by atoms with E-state index in [1.165, 1.54) is 0 Å². The fourth-order valence-corrected chi connectivity index (χ4v) is 1.65. The summed E-state index contributed by atoms with van der Waals surface area (Å²) in [6.07, 6.45) is 1.09. The molecule has 1 atom stereocenters. The van der Waals surface area contributed by atoms with Crippen LogP contribution in [0.3, 0.4) is 0 Å². The van der Waals surface area contributed by atoms with Crippen molar-refractivity contribution in [3.05, 3.63) is 29.3 Å². The van der Waals surface area contributed by atoms with E-state index < -0.39 is 0 Å². The molecule has 0 saturated heterocycles. The third-order valence-corrected chi connectivity index (χ3v) is 2.53. The van der Waals surface area contributed by atoms with E-state index in [1.54, 1.807) is 7.11 Å². The van der Waals surface area contributed by atoms with Crippen LogP contribution in [0.5, 0.6) is 5.75 Å². The molecule has 0 spiro atoms. The molecule has 0 aliphatic carbocycles. The van der Waals surface area contributed by atoms with Gasteiger partial charge in [-0.25, -0.2) is 0 Å². The van der Waals surface area contributed by atoms with Crippen molar-refractivity contribution in [1.82, 2.24) is 5.32 Å². The maximum Gasteiger partial charge on any atom is 0.120 e. The zero-order chi connectivity index (χ0) is 12.5. The molecular formula is C13H20ClNO2. The van der Waals surface area contributed by atoms with Gasteiger partial charge in [0.1, 0.15) is 12.4 Å². The Balaban J connectivity index is 2.39. The van der Waals surface area contributed by atoms with Crippen molar-refractivity contribution in [2.45, 2.75) is 19.4 Å². The number of hydrogen-bond acceptors (Lipinski definition) is 3. The third kappa shape index (κ3) is 5.91. The average molecular weight is 258 g/mol. The fraction of sp³-hybridized carbons (Fsp3) is 0.538. The number of rotatable bonds is 8. The van der Waals surface area contributed by atoms with Gasteiger partial charge in [-0.2, -0.15) is 0 Å². The van der Waals surface area contributed by atoms with Gasteiger partial charge >= 0.3 is 0 Å². The lowest BCUT2D eigenvalue weighted by molar-refractivity contribution is 0.136. The van der Waals surface area contributed by atoms with Crippen molar-refractivity contribution in [1.29, 1.82) is 0 Å². The maximum absolute atomic E-state index is 5.88. The summed E-state index contributed by atoms with van der Waals surface area (Å²) in [5.41, 5.74) is 0. The molecule has 0 aromatic heterocycles. The molecule has 0 aliphatic rings. The minimum absolute atomic E-state index is 0.207. The van der Waals surface area contributed by atoms with Gasteiger partial charge in [0.15, 0.2) is 0 Å². The summed E-state index contributed by atoms with van der Waals surface area (Å²) in [4.78, 5) is 0. The van der Waals surface area contributed by atoms with Crippen LogP contribution in [0.4, 0.5) is 0 Å². The van der Waals surface area contributed by atoms with E-state index in [2.05, 4.69) is 12.2 Å². The highest BCUT2D eigenvalue weighted by atomic mass is 35.5. The SMILES string of the molecule is CCCNC(COC)COc1cccc(Cl)c1. The smallest absolute Gasteiger partial charge is 0.120 e. The number of benzene rings is 1. The molecule has 0 amide bonds. The molecule has 17 heavy (non-hydrogen) atoms. The highest BCUT2D eigenvalue weighted by Crippen LogP contribution is 2.17. The molecule has 96 valence electrons. The number of hydrogen-bond donors (Lipinski definition) is 1. The number of nitrogens with one attached hydrogen (secondary N) is 1. The van der Waals surface area contributed by atoms with Gasteiger partial charge in [-0.1, -0.05) is 24.6 Å². The lowest BCUT2D eigenvalue weighted by Crippen LogP contribution is -2.38. The Hall–Kier alpha value is -0.770. The predicted molar refractivity (Wildman–Crippen MR) is 70.9 cm³/mol. The van der Waals surface area contributed by atoms with Gasteiger partial charge in [-0.15, -0.1) is 0 Å². The Kier molecular flexibility index (Phi) is 7.01. The van der Waals surface area contributed by atoms with Crippen molar-refractivity contribution in [2.24, 2.45) is 0 Å². The quantitative estimate of drug-likeness (QED) is 0.777. The molecular weight excluding hydrogens is 238 g/mol. The molecule has 0 saturated carbocycles. The predicted octanol–water partition coefficient (Wildman–Crippen LogP) is 2.73. The van der Waals surface area contributed by atoms with Crippen molar-refractivity contribution in [3.8, 4) is 5.75 Å². The lowest BCUT2D eigenvalue weighted by Gasteiger charge is -2.18. The van der Waals surface area contributed by atoms with Crippen LogP contribution in [-0.2, 0) is 4.74 Å². The van der Waals surface area contributed by atoms with Crippen LogP contribution < -0.4 is 10.1 Å². The number of ether oxygens (including phenoxy) is 2. The first-order valence-electron chi connectivity index (χ1n) is 5.87. The summed E-state index contributed by atoms with van der Waals surface area (Å²) in [6.45, 7) is 4.32. The van der Waals surface area contributed by atoms with E-state index in [-0.39, 0.29) is 6.04 Å². The molecule has 0 bridgehead atoms. The summed E-state index contributed by atoms with van der Waals surface area (Å²) in [6, 6.07) is 7.62. The first-order valence-corrected chi connectivity index (χ1v) is 6.24. The average Bonchev–Trinajstić information content (AvgIpc) is 2.33. The molecule has 3 nitrogen and oxygen atoms in total. The monoisotopic (exact) mass is 257 g/mol. The van der Waals surface area contributed by atoms with Crippen LogP contribution in [0.2, 0.25) is 5.02 Å². The molecule has 1 N–H and O–H groups in total. The largest absolute Gasteiger partial charge is 0.492 e. The molecule has 0 aliphatic heterocycles. The summed E-state index contributed by atoms with van der Waals surface area (Å²) in [7, 11) is 1.69. The van der Waals surface area contributed by atoms with E-state index in [0.717, 1.165) is 18.7 Å². The third-order valence-electron chi connectivity index (χ3n) is 2.30. The topological polar surface area (TPSA) is 30.5 Å². The minimum Gasteiger partial charge on any atom is -0.492 e. The molecule has 0 radical (unpaired) electrons. The van der Waals surface area contributed by atoms with Gasteiger partial charge in [0.2, 0.25) is 0 Å². The molecule has 0 heterocycles. The number of halogens is 1. The standard InChI is InChI=1S/C13H20ClNO2/c1-3-7-15-12(9-16-2)10-17-13-6-4-5-11(14)8-13/h4-6,8,12,15H,3,7,9-10H2,1-2H3. The van der Waals surface area contributed by atoms with Crippen LogP contribution in [-0.4, -0.2) is 32.9 Å². The van der Waals surface area contributed by atoms with Crippen LogP contribution >= 0.6 is 11.6 Å². The molecule has 0 fully saturated rings. The Bertz CT molecular complexity index is 320. The van der Waals surface area contributed by atoms with E-state index in [9.17, 15) is 0 Å². The second kappa shape index (κ2) is 8.34. The normalized spacial score (nSPS) is 12.4. The van der Waals surface area contributed by atoms with E-state index in [1.807, 2.05) is 24.3 Å². The first-order chi connectivity index (χ1) is 8.26. The summed E-state index contributed by atoms with van der Waals surface area (Å²) < 4.78 is 10.8. The zero-order valence-electron chi connectivity index (χ0n) is 10.4. The van der Waals surface area contributed by atoms with Crippen molar-refractivity contribution in [2.75, 3.05) is 26.9 Å². The van der Waals surface area contributed by atoms with Gasteiger partial charge in [0.25, 0.3) is 0 Å². The van der Waals surface area contributed by atoms with Gasteiger partial charge in [0.05, 0.1) is 12.6 Å². The molecule has 1 aromatic carbocycles. The van der Waals surface area contributed by atoms with Crippen LogP contribution in [0.1, 0.15) is 13.3 Å². The summed E-state index contributed by atoms with van der Waals surface area (Å²) >= 11 is 5.88. The van der Waals surface area contributed by atoms with Gasteiger partial charge in [-0.3, -0.25) is 0 Å². The van der Waals surface area contributed by atoms with E-state index >= 15 is 0 Å². The Morgan fingerprint density at radius 3 is 2.82 bits per heavy atom. The van der Waals surface area contributed by atoms with Gasteiger partial charge in [0, 0.05) is 12.1 Å². The first kappa shape index (κ1) is 14.3. The van der Waals surface area contributed by atoms with Crippen molar-refractivity contribution in [3.63, 3.8) is 0 Å². The van der Waals surface area contributed by atoms with Crippen molar-refractivity contribution >= 4 is 11.6 Å². The van der Waals surface area contributed by atoms with E-state index in [4.69, 9.17) is 21.1 Å². The van der Waals surface area contributed by atoms with Crippen LogP contribution in [0.25, 0.3) is 0 Å². The Morgan fingerprint density at radius 2 is 2.18 bits per heavy atom. The van der Waals surface area contributed by atoms with Crippen molar-refractivity contribution < 1.29 is 9.47 Å². The fourth-order valence-electron chi connectivity index (χ4n) is 1.47. The maximum atomic E-state index is 5.88. The van der Waals surface area contributed by atoms with Crippen LogP contribution in [0, 0.1) is 0 Å². The lowest BCUT2D eigenvalue weighted by atomic mass is 10.3. The highest BCUT2D eigenvalue weighted by molar-refractivity contribution is 6.30. The second-order valence-electron chi connectivity index (χ2n) is 3.87. The molecule has 1 aromatic rings. The molecule has 4 heteroatoms. The second-order valence-corrected chi connectivity index (χ2v) is 4.31. The summed E-state index contributed by atoms with van der Waals surface area (Å²) in [5.74, 6) is 0.789. The Morgan fingerprint density at radius 1 is 1.35 bits per heavy atom. The van der Waals surface area contributed by atoms with Crippen LogP contribution in [0.15, 0.2) is 24.3 Å². The van der Waals surface area contributed by atoms with E-state index in [0.29, 0.717) is 18.2 Å². The number of methoxy groups -OCH3 is 1. The Labute approximate surface area is 108 Å². The minimum atomic E-state index is 0.207. The van der Waals surface area contributed by atoms with Gasteiger partial charge < -0.3 is 14.8 Å². The zero-order valence-corrected chi connectivity index (χ0v) is 11.2. The molecule has 1 unspecified atom stereocenters. The molecule has 1 rings (SSSR count).